The van der Waals surface area contributed by atoms with Crippen LogP contribution in [0.5, 0.6) is 11.5 Å². The van der Waals surface area contributed by atoms with E-state index in [0.29, 0.717) is 6.54 Å². The first-order valence-electron chi connectivity index (χ1n) is 5.59. The summed E-state index contributed by atoms with van der Waals surface area (Å²) in [5.41, 5.74) is 1.02. The van der Waals surface area contributed by atoms with Crippen molar-refractivity contribution in [2.45, 2.75) is 25.9 Å². The Morgan fingerprint density at radius 1 is 1.35 bits per heavy atom. The minimum Gasteiger partial charge on any atom is -0.497 e. The van der Waals surface area contributed by atoms with Crippen molar-refractivity contribution >= 4 is 0 Å². The lowest BCUT2D eigenvalue weighted by molar-refractivity contribution is 0.389. The summed E-state index contributed by atoms with van der Waals surface area (Å²) in [5.74, 6) is 1.53. The zero-order valence-corrected chi connectivity index (χ0v) is 10.5. The van der Waals surface area contributed by atoms with Gasteiger partial charge in [-0.25, -0.2) is 0 Å². The van der Waals surface area contributed by atoms with Crippen LogP contribution >= 0.6 is 0 Å². The van der Waals surface area contributed by atoms with Crippen molar-refractivity contribution in [3.8, 4) is 17.6 Å². The predicted molar refractivity (Wildman–Crippen MR) is 66.1 cm³/mol. The molecular formula is C13H18N2O2. The Morgan fingerprint density at radius 3 is 2.65 bits per heavy atom. The highest BCUT2D eigenvalue weighted by atomic mass is 16.5. The van der Waals surface area contributed by atoms with Gasteiger partial charge < -0.3 is 9.47 Å². The van der Waals surface area contributed by atoms with Crippen LogP contribution in [0.25, 0.3) is 0 Å². The van der Waals surface area contributed by atoms with Crippen molar-refractivity contribution in [3.63, 3.8) is 0 Å². The van der Waals surface area contributed by atoms with Crippen LogP contribution in [-0.4, -0.2) is 20.3 Å². The van der Waals surface area contributed by atoms with Crippen molar-refractivity contribution in [2.75, 3.05) is 14.2 Å². The fourth-order valence-corrected chi connectivity index (χ4v) is 1.51. The third kappa shape index (κ3) is 3.65. The summed E-state index contributed by atoms with van der Waals surface area (Å²) in [6.45, 7) is 2.59. The molecule has 17 heavy (non-hydrogen) atoms. The van der Waals surface area contributed by atoms with E-state index in [-0.39, 0.29) is 6.04 Å². The third-order valence-corrected chi connectivity index (χ3v) is 2.60. The molecule has 4 nitrogen and oxygen atoms in total. The number of nitrogens with one attached hydrogen (secondary N) is 1. The summed E-state index contributed by atoms with van der Waals surface area (Å²) in [4.78, 5) is 0. The highest BCUT2D eigenvalue weighted by Crippen LogP contribution is 2.24. The lowest BCUT2D eigenvalue weighted by atomic mass is 10.1. The molecule has 0 fully saturated rings. The average Bonchev–Trinajstić information content (AvgIpc) is 2.39. The van der Waals surface area contributed by atoms with Gasteiger partial charge in [0.05, 0.1) is 26.3 Å². The Bertz CT molecular complexity index is 399. The summed E-state index contributed by atoms with van der Waals surface area (Å²) >= 11 is 0. The Hall–Kier alpha value is -1.73. The highest BCUT2D eigenvalue weighted by Gasteiger charge is 2.07. The summed E-state index contributed by atoms with van der Waals surface area (Å²) < 4.78 is 10.4. The molecule has 0 radical (unpaired) electrons. The number of nitriles is 1. The third-order valence-electron chi connectivity index (χ3n) is 2.60. The van der Waals surface area contributed by atoms with Gasteiger partial charge in [0.15, 0.2) is 0 Å². The molecule has 4 heteroatoms. The summed E-state index contributed by atoms with van der Waals surface area (Å²) in [6.07, 6.45) is 0.787. The van der Waals surface area contributed by atoms with E-state index in [9.17, 15) is 0 Å². The van der Waals surface area contributed by atoms with Gasteiger partial charge >= 0.3 is 0 Å². The van der Waals surface area contributed by atoms with Gasteiger partial charge in [0.2, 0.25) is 0 Å². The molecule has 1 rings (SSSR count). The van der Waals surface area contributed by atoms with Crippen LogP contribution < -0.4 is 14.8 Å². The van der Waals surface area contributed by atoms with E-state index >= 15 is 0 Å². The van der Waals surface area contributed by atoms with Crippen LogP contribution in [0.4, 0.5) is 0 Å². The minimum atomic E-state index is -0.123. The van der Waals surface area contributed by atoms with Crippen molar-refractivity contribution in [1.82, 2.24) is 5.32 Å². The topological polar surface area (TPSA) is 54.3 Å². The molecule has 0 bridgehead atoms. The SMILES string of the molecule is CCC(C#N)NCc1ccc(OC)cc1OC. The number of hydrogen-bond acceptors (Lipinski definition) is 4. The van der Waals surface area contributed by atoms with E-state index < -0.39 is 0 Å². The van der Waals surface area contributed by atoms with Crippen LogP contribution in [0.2, 0.25) is 0 Å². The second-order valence-electron chi connectivity index (χ2n) is 3.65. The molecule has 0 spiro atoms. The molecule has 0 heterocycles. The van der Waals surface area contributed by atoms with Crippen molar-refractivity contribution in [3.05, 3.63) is 23.8 Å². The molecule has 1 unspecified atom stereocenters. The zero-order valence-electron chi connectivity index (χ0n) is 10.5. The Labute approximate surface area is 102 Å². The van der Waals surface area contributed by atoms with Gasteiger partial charge in [-0.05, 0) is 12.5 Å². The van der Waals surface area contributed by atoms with Crippen molar-refractivity contribution < 1.29 is 9.47 Å². The van der Waals surface area contributed by atoms with E-state index in [1.54, 1.807) is 14.2 Å². The first-order valence-corrected chi connectivity index (χ1v) is 5.59. The van der Waals surface area contributed by atoms with E-state index in [1.165, 1.54) is 0 Å². The molecule has 0 aliphatic carbocycles. The van der Waals surface area contributed by atoms with Gasteiger partial charge in [-0.3, -0.25) is 5.32 Å². The second-order valence-corrected chi connectivity index (χ2v) is 3.65. The molecule has 0 amide bonds. The second kappa shape index (κ2) is 6.77. The number of hydrogen-bond donors (Lipinski definition) is 1. The maximum atomic E-state index is 8.85. The molecule has 0 aliphatic heterocycles. The first kappa shape index (κ1) is 13.3. The monoisotopic (exact) mass is 234 g/mol. The lowest BCUT2D eigenvalue weighted by Crippen LogP contribution is -2.26. The van der Waals surface area contributed by atoms with Crippen molar-refractivity contribution in [1.29, 1.82) is 5.26 Å². The van der Waals surface area contributed by atoms with Crippen LogP contribution in [0.3, 0.4) is 0 Å². The van der Waals surface area contributed by atoms with E-state index in [0.717, 1.165) is 23.5 Å². The molecule has 1 aromatic carbocycles. The van der Waals surface area contributed by atoms with Gasteiger partial charge in [-0.1, -0.05) is 13.0 Å². The standard InChI is InChI=1S/C13H18N2O2/c1-4-11(8-14)15-9-10-5-6-12(16-2)7-13(10)17-3/h5-7,11,15H,4,9H2,1-3H3. The maximum absolute atomic E-state index is 8.85. The Balaban J connectivity index is 2.74. The van der Waals surface area contributed by atoms with Gasteiger partial charge in [0, 0.05) is 18.2 Å². The molecule has 0 saturated heterocycles. The molecular weight excluding hydrogens is 216 g/mol. The van der Waals surface area contributed by atoms with Gasteiger partial charge in [0.1, 0.15) is 11.5 Å². The number of rotatable bonds is 6. The highest BCUT2D eigenvalue weighted by molar-refractivity contribution is 5.40. The fourth-order valence-electron chi connectivity index (χ4n) is 1.51. The summed E-state index contributed by atoms with van der Waals surface area (Å²) in [5, 5.41) is 12.0. The molecule has 0 saturated carbocycles. The van der Waals surface area contributed by atoms with Crippen LogP contribution in [-0.2, 0) is 6.54 Å². The lowest BCUT2D eigenvalue weighted by Gasteiger charge is -2.13. The molecule has 0 aromatic heterocycles. The molecule has 1 aromatic rings. The van der Waals surface area contributed by atoms with Crippen LogP contribution in [0.1, 0.15) is 18.9 Å². The molecule has 1 atom stereocenters. The summed E-state index contributed by atoms with van der Waals surface area (Å²) in [6, 6.07) is 7.74. The largest absolute Gasteiger partial charge is 0.497 e. The Morgan fingerprint density at radius 2 is 2.12 bits per heavy atom. The quantitative estimate of drug-likeness (QED) is 0.819. The van der Waals surface area contributed by atoms with E-state index in [1.807, 2.05) is 25.1 Å². The van der Waals surface area contributed by atoms with Gasteiger partial charge in [-0.15, -0.1) is 0 Å². The van der Waals surface area contributed by atoms with Gasteiger partial charge in [-0.2, -0.15) is 5.26 Å². The number of ether oxygens (including phenoxy) is 2. The van der Waals surface area contributed by atoms with Crippen LogP contribution in [0, 0.1) is 11.3 Å². The minimum absolute atomic E-state index is 0.123. The van der Waals surface area contributed by atoms with E-state index in [2.05, 4.69) is 11.4 Å². The zero-order chi connectivity index (χ0) is 12.7. The normalized spacial score (nSPS) is 11.6. The van der Waals surface area contributed by atoms with Crippen LogP contribution in [0.15, 0.2) is 18.2 Å². The maximum Gasteiger partial charge on any atom is 0.127 e. The van der Waals surface area contributed by atoms with E-state index in [4.69, 9.17) is 14.7 Å². The fraction of sp³-hybridized carbons (Fsp3) is 0.462. The molecule has 1 N–H and O–H groups in total. The van der Waals surface area contributed by atoms with Gasteiger partial charge in [0.25, 0.3) is 0 Å². The smallest absolute Gasteiger partial charge is 0.127 e. The molecule has 92 valence electrons. The predicted octanol–water partition coefficient (Wildman–Crippen LogP) is 2.10. The number of nitrogens with zero attached hydrogens (tertiary/aromatic N) is 1. The van der Waals surface area contributed by atoms with Crippen molar-refractivity contribution in [2.24, 2.45) is 0 Å². The number of benzene rings is 1. The Kier molecular flexibility index (Phi) is 5.31. The average molecular weight is 234 g/mol. The first-order chi connectivity index (χ1) is 8.24. The molecule has 0 aliphatic rings. The number of methoxy groups -OCH3 is 2. The summed E-state index contributed by atoms with van der Waals surface area (Å²) in [7, 11) is 3.25.